The van der Waals surface area contributed by atoms with Crippen molar-refractivity contribution in [2.75, 3.05) is 26.2 Å². The molecule has 1 amide bonds. The zero-order valence-electron chi connectivity index (χ0n) is 14.1. The third-order valence-corrected chi connectivity index (χ3v) is 4.98. The topological polar surface area (TPSA) is 63.1 Å². The fraction of sp³-hybridized carbons (Fsp3) is 0.812. The quantitative estimate of drug-likeness (QED) is 0.913. The molecule has 2 saturated heterocycles. The molecule has 0 radical (unpaired) electrons. The van der Waals surface area contributed by atoms with Gasteiger partial charge in [0.1, 0.15) is 12.2 Å². The SMILES string of the molecule is CC(C)n1cnnc1C1CCN(C(=O)C2CCCNC2)CC1.Cl. The van der Waals surface area contributed by atoms with Crippen LogP contribution < -0.4 is 5.32 Å². The lowest BCUT2D eigenvalue weighted by molar-refractivity contribution is -0.137. The smallest absolute Gasteiger partial charge is 0.226 e. The van der Waals surface area contributed by atoms with Gasteiger partial charge in [0.15, 0.2) is 0 Å². The van der Waals surface area contributed by atoms with Gasteiger partial charge in [0.25, 0.3) is 0 Å². The number of amides is 1. The Morgan fingerprint density at radius 2 is 2.04 bits per heavy atom. The number of nitrogens with zero attached hydrogens (tertiary/aromatic N) is 4. The van der Waals surface area contributed by atoms with Gasteiger partial charge in [-0.05, 0) is 46.1 Å². The first kappa shape index (κ1) is 18.2. The van der Waals surface area contributed by atoms with Crippen molar-refractivity contribution in [1.29, 1.82) is 0 Å². The lowest BCUT2D eigenvalue weighted by atomic mass is 9.93. The van der Waals surface area contributed by atoms with Gasteiger partial charge in [0.05, 0.1) is 5.92 Å². The zero-order chi connectivity index (χ0) is 15.5. The molecule has 3 rings (SSSR count). The average molecular weight is 342 g/mol. The molecular weight excluding hydrogens is 314 g/mol. The first-order valence-corrected chi connectivity index (χ1v) is 8.55. The molecule has 2 aliphatic heterocycles. The Kier molecular flexibility index (Phi) is 6.41. The molecule has 1 unspecified atom stereocenters. The second kappa shape index (κ2) is 8.11. The number of nitrogens with one attached hydrogen (secondary N) is 1. The van der Waals surface area contributed by atoms with Crippen molar-refractivity contribution in [2.45, 2.75) is 51.5 Å². The summed E-state index contributed by atoms with van der Waals surface area (Å²) in [5, 5.41) is 11.7. The number of hydrogen-bond donors (Lipinski definition) is 1. The van der Waals surface area contributed by atoms with E-state index in [0.717, 1.165) is 57.7 Å². The lowest BCUT2D eigenvalue weighted by Crippen LogP contribution is -2.46. The van der Waals surface area contributed by atoms with E-state index in [4.69, 9.17) is 0 Å². The van der Waals surface area contributed by atoms with Crippen LogP contribution in [0.1, 0.15) is 57.3 Å². The van der Waals surface area contributed by atoms with E-state index in [2.05, 4.69) is 38.8 Å². The van der Waals surface area contributed by atoms with Gasteiger partial charge in [-0.1, -0.05) is 0 Å². The third-order valence-electron chi connectivity index (χ3n) is 4.98. The Balaban J connectivity index is 0.00000192. The van der Waals surface area contributed by atoms with Crippen LogP contribution in [0.2, 0.25) is 0 Å². The molecule has 0 bridgehead atoms. The maximum Gasteiger partial charge on any atom is 0.226 e. The predicted octanol–water partition coefficient (Wildman–Crippen LogP) is 1.99. The van der Waals surface area contributed by atoms with Crippen LogP contribution in [-0.2, 0) is 4.79 Å². The molecule has 0 aliphatic carbocycles. The molecule has 2 fully saturated rings. The molecule has 130 valence electrons. The van der Waals surface area contributed by atoms with E-state index < -0.39 is 0 Å². The summed E-state index contributed by atoms with van der Waals surface area (Å²) >= 11 is 0. The Hall–Kier alpha value is -1.14. The summed E-state index contributed by atoms with van der Waals surface area (Å²) in [7, 11) is 0. The predicted molar refractivity (Wildman–Crippen MR) is 91.8 cm³/mol. The molecule has 23 heavy (non-hydrogen) atoms. The van der Waals surface area contributed by atoms with E-state index in [1.165, 1.54) is 0 Å². The van der Waals surface area contributed by atoms with Crippen LogP contribution in [-0.4, -0.2) is 51.8 Å². The van der Waals surface area contributed by atoms with Crippen molar-refractivity contribution >= 4 is 18.3 Å². The number of piperidine rings is 2. The highest BCUT2D eigenvalue weighted by molar-refractivity contribution is 5.85. The summed E-state index contributed by atoms with van der Waals surface area (Å²) in [5.41, 5.74) is 0. The standard InChI is InChI=1S/C16H27N5O.ClH/c1-12(2)21-11-18-19-15(21)13-5-8-20(9-6-13)16(22)14-4-3-7-17-10-14;/h11-14,17H,3-10H2,1-2H3;1H. The molecule has 1 N–H and O–H groups in total. The largest absolute Gasteiger partial charge is 0.342 e. The van der Waals surface area contributed by atoms with Gasteiger partial charge in [0.2, 0.25) is 5.91 Å². The number of aromatic nitrogens is 3. The van der Waals surface area contributed by atoms with Gasteiger partial charge in [-0.3, -0.25) is 4.79 Å². The summed E-state index contributed by atoms with van der Waals surface area (Å²) < 4.78 is 2.16. The minimum absolute atomic E-state index is 0. The van der Waals surface area contributed by atoms with Crippen LogP contribution in [0.3, 0.4) is 0 Å². The second-order valence-corrected chi connectivity index (χ2v) is 6.83. The fourth-order valence-electron chi connectivity index (χ4n) is 3.62. The van der Waals surface area contributed by atoms with Gasteiger partial charge in [-0.2, -0.15) is 0 Å². The normalized spacial score (nSPS) is 22.9. The first-order chi connectivity index (χ1) is 10.7. The van der Waals surface area contributed by atoms with Gasteiger partial charge in [-0.15, -0.1) is 22.6 Å². The number of hydrogen-bond acceptors (Lipinski definition) is 4. The number of halogens is 1. The highest BCUT2D eigenvalue weighted by atomic mass is 35.5. The van der Waals surface area contributed by atoms with E-state index in [0.29, 0.717) is 17.9 Å². The monoisotopic (exact) mass is 341 g/mol. The van der Waals surface area contributed by atoms with Crippen LogP contribution in [0, 0.1) is 5.92 Å². The van der Waals surface area contributed by atoms with E-state index in [1.54, 1.807) is 0 Å². The average Bonchev–Trinajstić information content (AvgIpc) is 3.05. The zero-order valence-corrected chi connectivity index (χ0v) is 14.9. The Morgan fingerprint density at radius 3 is 2.65 bits per heavy atom. The van der Waals surface area contributed by atoms with Crippen molar-refractivity contribution < 1.29 is 4.79 Å². The van der Waals surface area contributed by atoms with Crippen LogP contribution >= 0.6 is 12.4 Å². The minimum atomic E-state index is 0. The van der Waals surface area contributed by atoms with Gasteiger partial charge >= 0.3 is 0 Å². The van der Waals surface area contributed by atoms with Crippen molar-refractivity contribution in [2.24, 2.45) is 5.92 Å². The van der Waals surface area contributed by atoms with Gasteiger partial charge in [0, 0.05) is 31.6 Å². The maximum absolute atomic E-state index is 12.6. The number of likely N-dealkylation sites (tertiary alicyclic amines) is 1. The highest BCUT2D eigenvalue weighted by Crippen LogP contribution is 2.29. The molecular formula is C16H28ClN5O. The number of rotatable bonds is 3. The maximum atomic E-state index is 12.6. The lowest BCUT2D eigenvalue weighted by Gasteiger charge is -2.35. The van der Waals surface area contributed by atoms with Crippen LogP contribution in [0.4, 0.5) is 0 Å². The fourth-order valence-corrected chi connectivity index (χ4v) is 3.62. The molecule has 0 aromatic carbocycles. The van der Waals surface area contributed by atoms with E-state index in [9.17, 15) is 4.79 Å². The molecule has 0 saturated carbocycles. The molecule has 3 heterocycles. The number of carbonyl (C=O) groups excluding carboxylic acids is 1. The van der Waals surface area contributed by atoms with Crippen LogP contribution in [0.25, 0.3) is 0 Å². The summed E-state index contributed by atoms with van der Waals surface area (Å²) in [6, 6.07) is 0.387. The van der Waals surface area contributed by atoms with Gasteiger partial charge < -0.3 is 14.8 Å². The Morgan fingerprint density at radius 1 is 1.30 bits per heavy atom. The van der Waals surface area contributed by atoms with E-state index in [-0.39, 0.29) is 18.3 Å². The second-order valence-electron chi connectivity index (χ2n) is 6.83. The Labute approximate surface area is 144 Å². The summed E-state index contributed by atoms with van der Waals surface area (Å²) in [6.45, 7) is 7.91. The summed E-state index contributed by atoms with van der Waals surface area (Å²) in [5.74, 6) is 2.04. The molecule has 1 aromatic rings. The van der Waals surface area contributed by atoms with Crippen molar-refractivity contribution in [1.82, 2.24) is 25.0 Å². The highest BCUT2D eigenvalue weighted by Gasteiger charge is 2.31. The summed E-state index contributed by atoms with van der Waals surface area (Å²) in [6.07, 6.45) is 5.97. The van der Waals surface area contributed by atoms with E-state index in [1.807, 2.05) is 6.33 Å². The van der Waals surface area contributed by atoms with Crippen molar-refractivity contribution in [3.05, 3.63) is 12.2 Å². The van der Waals surface area contributed by atoms with Crippen LogP contribution in [0.5, 0.6) is 0 Å². The molecule has 2 aliphatic rings. The van der Waals surface area contributed by atoms with Crippen molar-refractivity contribution in [3.8, 4) is 0 Å². The minimum Gasteiger partial charge on any atom is -0.342 e. The van der Waals surface area contributed by atoms with E-state index >= 15 is 0 Å². The molecule has 6 nitrogen and oxygen atoms in total. The van der Waals surface area contributed by atoms with Crippen molar-refractivity contribution in [3.63, 3.8) is 0 Å². The first-order valence-electron chi connectivity index (χ1n) is 8.55. The molecule has 0 spiro atoms. The third kappa shape index (κ3) is 4.04. The number of carbonyl (C=O) groups is 1. The van der Waals surface area contributed by atoms with Crippen LogP contribution in [0.15, 0.2) is 6.33 Å². The molecule has 7 heteroatoms. The summed E-state index contributed by atoms with van der Waals surface area (Å²) in [4.78, 5) is 14.6. The Bertz CT molecular complexity index is 504. The van der Waals surface area contributed by atoms with Gasteiger partial charge in [-0.25, -0.2) is 0 Å². The molecule has 1 atom stereocenters. The molecule has 1 aromatic heterocycles.